The molecule has 0 aliphatic heterocycles. The van der Waals surface area contributed by atoms with E-state index in [9.17, 15) is 9.59 Å². The Bertz CT molecular complexity index is 268. The van der Waals surface area contributed by atoms with Gasteiger partial charge >= 0.3 is 5.97 Å². The average molecular weight is 244 g/mol. The minimum Gasteiger partial charge on any atom is -0.469 e. The third-order valence-electron chi connectivity index (χ3n) is 1.77. The highest BCUT2D eigenvalue weighted by Crippen LogP contribution is 2.12. The maximum atomic E-state index is 11.5. The van der Waals surface area contributed by atoms with Gasteiger partial charge in [-0.15, -0.1) is 6.58 Å². The van der Waals surface area contributed by atoms with Crippen molar-refractivity contribution in [2.75, 3.05) is 7.11 Å². The lowest BCUT2D eigenvalue weighted by atomic mass is 10.1. The van der Waals surface area contributed by atoms with Crippen molar-refractivity contribution in [3.05, 3.63) is 12.7 Å². The number of carbonyl (C=O) groups is 2. The summed E-state index contributed by atoms with van der Waals surface area (Å²) in [6.07, 6.45) is 1.29. The first kappa shape index (κ1) is 15.1. The summed E-state index contributed by atoms with van der Waals surface area (Å²) in [5.74, 6) is -0.698. The number of hydrogen-bond acceptors (Lipinski definition) is 4. The van der Waals surface area contributed by atoms with Crippen LogP contribution in [0.5, 0.6) is 0 Å². The molecule has 0 radical (unpaired) electrons. The van der Waals surface area contributed by atoms with Crippen molar-refractivity contribution in [1.82, 2.24) is 0 Å². The van der Waals surface area contributed by atoms with Gasteiger partial charge in [0.25, 0.3) is 0 Å². The summed E-state index contributed by atoms with van der Waals surface area (Å²) in [4.78, 5) is 22.3. The summed E-state index contributed by atoms with van der Waals surface area (Å²) in [5, 5.41) is 0. The van der Waals surface area contributed by atoms with Gasteiger partial charge in [-0.1, -0.05) is 6.08 Å². The standard InChI is InChI=1S/C11H20O4Si/c1-6-10(15-16(3,4)5)7-9(12)8-11(13)14-2/h6,10H,1,7-8H2,2-5H3. The Labute approximate surface area is 97.8 Å². The van der Waals surface area contributed by atoms with Gasteiger partial charge in [0.1, 0.15) is 12.2 Å². The largest absolute Gasteiger partial charge is 0.469 e. The highest BCUT2D eigenvalue weighted by atomic mass is 28.4. The topological polar surface area (TPSA) is 52.6 Å². The number of Topliss-reactive ketones (excluding diaryl/α,β-unsaturated/α-hetero) is 1. The van der Waals surface area contributed by atoms with E-state index >= 15 is 0 Å². The molecule has 0 rings (SSSR count). The molecule has 0 amide bonds. The number of carbonyl (C=O) groups excluding carboxylic acids is 2. The molecule has 0 aromatic rings. The molecule has 0 aliphatic carbocycles. The molecule has 0 saturated carbocycles. The molecule has 0 fully saturated rings. The van der Waals surface area contributed by atoms with E-state index in [-0.39, 0.29) is 24.7 Å². The van der Waals surface area contributed by atoms with Crippen molar-refractivity contribution >= 4 is 20.1 Å². The van der Waals surface area contributed by atoms with E-state index in [0.29, 0.717) is 0 Å². The van der Waals surface area contributed by atoms with Crippen LogP contribution in [0.15, 0.2) is 12.7 Å². The molecule has 1 atom stereocenters. The fourth-order valence-electron chi connectivity index (χ4n) is 1.16. The first-order chi connectivity index (χ1) is 7.28. The van der Waals surface area contributed by atoms with Crippen molar-refractivity contribution in [1.29, 1.82) is 0 Å². The van der Waals surface area contributed by atoms with E-state index in [0.717, 1.165) is 0 Å². The van der Waals surface area contributed by atoms with E-state index in [4.69, 9.17) is 4.43 Å². The third-order valence-corrected chi connectivity index (χ3v) is 2.78. The summed E-state index contributed by atoms with van der Waals surface area (Å²) in [6, 6.07) is 0. The second-order valence-corrected chi connectivity index (χ2v) is 8.96. The van der Waals surface area contributed by atoms with Crippen LogP contribution in [-0.2, 0) is 18.8 Å². The zero-order valence-corrected chi connectivity index (χ0v) is 11.4. The average Bonchev–Trinajstić information content (AvgIpc) is 2.14. The smallest absolute Gasteiger partial charge is 0.313 e. The molecule has 16 heavy (non-hydrogen) atoms. The molecule has 0 spiro atoms. The fourth-order valence-corrected chi connectivity index (χ4v) is 2.24. The van der Waals surface area contributed by atoms with E-state index < -0.39 is 14.3 Å². The van der Waals surface area contributed by atoms with Crippen molar-refractivity contribution in [3.63, 3.8) is 0 Å². The van der Waals surface area contributed by atoms with Gasteiger partial charge in [-0.2, -0.15) is 0 Å². The lowest BCUT2D eigenvalue weighted by Gasteiger charge is -2.23. The van der Waals surface area contributed by atoms with Crippen LogP contribution in [0.2, 0.25) is 19.6 Å². The summed E-state index contributed by atoms with van der Waals surface area (Å²) >= 11 is 0. The summed E-state index contributed by atoms with van der Waals surface area (Å²) in [6.45, 7) is 9.73. The van der Waals surface area contributed by atoms with Crippen molar-refractivity contribution in [3.8, 4) is 0 Å². The summed E-state index contributed by atoms with van der Waals surface area (Å²) < 4.78 is 10.1. The first-order valence-electron chi connectivity index (χ1n) is 5.17. The normalized spacial score (nSPS) is 13.0. The lowest BCUT2D eigenvalue weighted by molar-refractivity contribution is -0.143. The number of ether oxygens (including phenoxy) is 1. The Balaban J connectivity index is 4.17. The van der Waals surface area contributed by atoms with Crippen LogP contribution in [0.3, 0.4) is 0 Å². The van der Waals surface area contributed by atoms with Crippen LogP contribution >= 0.6 is 0 Å². The monoisotopic (exact) mass is 244 g/mol. The van der Waals surface area contributed by atoms with E-state index in [1.54, 1.807) is 6.08 Å². The Morgan fingerprint density at radius 3 is 2.31 bits per heavy atom. The van der Waals surface area contributed by atoms with Crippen molar-refractivity contribution in [2.24, 2.45) is 0 Å². The summed E-state index contributed by atoms with van der Waals surface area (Å²) in [5.41, 5.74) is 0. The number of hydrogen-bond donors (Lipinski definition) is 0. The third kappa shape index (κ3) is 7.36. The number of methoxy groups -OCH3 is 1. The molecule has 0 aliphatic rings. The van der Waals surface area contributed by atoms with Gasteiger partial charge in [0.15, 0.2) is 8.32 Å². The molecule has 0 aromatic carbocycles. The first-order valence-corrected chi connectivity index (χ1v) is 8.58. The van der Waals surface area contributed by atoms with Gasteiger partial charge in [0, 0.05) is 6.42 Å². The van der Waals surface area contributed by atoms with Gasteiger partial charge in [-0.25, -0.2) is 0 Å². The molecule has 0 saturated heterocycles. The van der Waals surface area contributed by atoms with E-state index in [1.165, 1.54) is 7.11 Å². The van der Waals surface area contributed by atoms with Crippen LogP contribution in [0.4, 0.5) is 0 Å². The number of rotatable bonds is 7. The number of ketones is 1. The molecular formula is C11H20O4Si. The van der Waals surface area contributed by atoms with Gasteiger partial charge < -0.3 is 9.16 Å². The highest BCUT2D eigenvalue weighted by molar-refractivity contribution is 6.69. The fraction of sp³-hybridized carbons (Fsp3) is 0.636. The van der Waals surface area contributed by atoms with Crippen LogP contribution in [-0.4, -0.2) is 33.3 Å². The molecule has 0 bridgehead atoms. The molecule has 92 valence electrons. The molecule has 0 aromatic heterocycles. The second-order valence-electron chi connectivity index (χ2n) is 4.50. The lowest BCUT2D eigenvalue weighted by Crippen LogP contribution is -2.32. The molecule has 4 nitrogen and oxygen atoms in total. The zero-order valence-electron chi connectivity index (χ0n) is 10.4. The Morgan fingerprint density at radius 2 is 1.94 bits per heavy atom. The van der Waals surface area contributed by atoms with E-state index in [2.05, 4.69) is 11.3 Å². The van der Waals surface area contributed by atoms with Crippen molar-refractivity contribution in [2.45, 2.75) is 38.6 Å². The van der Waals surface area contributed by atoms with E-state index in [1.807, 2.05) is 19.6 Å². The van der Waals surface area contributed by atoms with Crippen LogP contribution in [0.1, 0.15) is 12.8 Å². The SMILES string of the molecule is C=CC(CC(=O)CC(=O)OC)O[Si](C)(C)C. The quantitative estimate of drug-likeness (QED) is 0.297. The van der Waals surface area contributed by atoms with Gasteiger partial charge in [-0.05, 0) is 19.6 Å². The maximum Gasteiger partial charge on any atom is 0.313 e. The minimum absolute atomic E-state index is 0.183. The van der Waals surface area contributed by atoms with Gasteiger partial charge in [0.2, 0.25) is 0 Å². The molecule has 1 unspecified atom stereocenters. The van der Waals surface area contributed by atoms with Crippen LogP contribution in [0, 0.1) is 0 Å². The predicted molar refractivity (Wildman–Crippen MR) is 64.7 cm³/mol. The minimum atomic E-state index is -1.70. The van der Waals surface area contributed by atoms with Crippen LogP contribution < -0.4 is 0 Å². The molecule has 0 heterocycles. The molecule has 5 heteroatoms. The second kappa shape index (κ2) is 6.60. The highest BCUT2D eigenvalue weighted by Gasteiger charge is 2.22. The molecular weight excluding hydrogens is 224 g/mol. The predicted octanol–water partition coefficient (Wildman–Crippen LogP) is 1.91. The van der Waals surface area contributed by atoms with Crippen LogP contribution in [0.25, 0.3) is 0 Å². The maximum absolute atomic E-state index is 11.5. The summed E-state index contributed by atoms with van der Waals surface area (Å²) in [7, 11) is -0.433. The Kier molecular flexibility index (Phi) is 6.21. The number of esters is 1. The van der Waals surface area contributed by atoms with Gasteiger partial charge in [0.05, 0.1) is 13.2 Å². The molecule has 0 N–H and O–H groups in total. The Morgan fingerprint density at radius 1 is 1.38 bits per heavy atom. The van der Waals surface area contributed by atoms with Gasteiger partial charge in [-0.3, -0.25) is 9.59 Å². The zero-order chi connectivity index (χ0) is 12.8. The van der Waals surface area contributed by atoms with Crippen molar-refractivity contribution < 1.29 is 18.8 Å². The Hall–Kier alpha value is -0.943.